The van der Waals surface area contributed by atoms with Crippen LogP contribution < -0.4 is 5.32 Å². The minimum Gasteiger partial charge on any atom is -0.376 e. The largest absolute Gasteiger partial charge is 0.376 e. The van der Waals surface area contributed by atoms with Gasteiger partial charge in [-0.15, -0.1) is 11.3 Å². The molecule has 0 aliphatic rings. The predicted molar refractivity (Wildman–Crippen MR) is 73.3 cm³/mol. The summed E-state index contributed by atoms with van der Waals surface area (Å²) in [6.07, 6.45) is 0. The number of halogens is 3. The van der Waals surface area contributed by atoms with Crippen LogP contribution in [0.15, 0.2) is 22.0 Å². The van der Waals surface area contributed by atoms with Crippen LogP contribution in [0.2, 0.25) is 5.02 Å². The number of hydrogen-bond acceptors (Lipinski definition) is 3. The van der Waals surface area contributed by atoms with Gasteiger partial charge in [0.25, 0.3) is 0 Å². The fourth-order valence-electron chi connectivity index (χ4n) is 1.36. The lowest BCUT2D eigenvalue weighted by molar-refractivity contribution is 0.627. The molecule has 1 heterocycles. The van der Waals surface area contributed by atoms with E-state index in [1.54, 1.807) is 11.3 Å². The lowest BCUT2D eigenvalue weighted by atomic mass is 10.3. The predicted octanol–water partition coefficient (Wildman–Crippen LogP) is 4.62. The van der Waals surface area contributed by atoms with Crippen LogP contribution in [0.5, 0.6) is 0 Å². The lowest BCUT2D eigenvalue weighted by Crippen LogP contribution is -2.01. The number of thiazole rings is 1. The number of hydrogen-bond donors (Lipinski definition) is 1. The van der Waals surface area contributed by atoms with Crippen molar-refractivity contribution in [1.29, 1.82) is 0 Å². The van der Waals surface area contributed by atoms with Gasteiger partial charge in [0, 0.05) is 15.5 Å². The second kappa shape index (κ2) is 5.33. The lowest BCUT2D eigenvalue weighted by Gasteiger charge is -2.09. The van der Waals surface area contributed by atoms with Crippen molar-refractivity contribution in [3.05, 3.63) is 43.5 Å². The Morgan fingerprint density at radius 1 is 1.53 bits per heavy atom. The highest BCUT2D eigenvalue weighted by molar-refractivity contribution is 9.10. The van der Waals surface area contributed by atoms with Crippen LogP contribution in [0.25, 0.3) is 0 Å². The summed E-state index contributed by atoms with van der Waals surface area (Å²) in [6, 6.07) is 2.66. The molecule has 0 amide bonds. The average molecular weight is 336 g/mol. The Morgan fingerprint density at radius 3 is 2.88 bits per heavy atom. The highest BCUT2D eigenvalue weighted by Crippen LogP contribution is 2.32. The summed E-state index contributed by atoms with van der Waals surface area (Å²) >= 11 is 10.8. The van der Waals surface area contributed by atoms with Gasteiger partial charge in [-0.1, -0.05) is 11.6 Å². The third kappa shape index (κ3) is 3.18. The Morgan fingerprint density at radius 2 is 2.29 bits per heavy atom. The monoisotopic (exact) mass is 334 g/mol. The molecule has 2 rings (SSSR count). The molecule has 1 aromatic heterocycles. The highest BCUT2D eigenvalue weighted by atomic mass is 79.9. The molecule has 0 bridgehead atoms. The van der Waals surface area contributed by atoms with Crippen LogP contribution in [0, 0.1) is 12.7 Å². The van der Waals surface area contributed by atoms with E-state index in [2.05, 4.69) is 26.2 Å². The van der Waals surface area contributed by atoms with Crippen LogP contribution in [-0.2, 0) is 6.54 Å². The molecular formula is C11H9BrClFN2S. The Bertz CT molecular complexity index is 521. The zero-order chi connectivity index (χ0) is 12.4. The quantitative estimate of drug-likeness (QED) is 0.885. The minimum atomic E-state index is -0.363. The fraction of sp³-hybridized carbons (Fsp3) is 0.182. The van der Waals surface area contributed by atoms with Crippen LogP contribution in [-0.4, -0.2) is 4.98 Å². The Balaban J connectivity index is 2.14. The van der Waals surface area contributed by atoms with Gasteiger partial charge in [-0.3, -0.25) is 0 Å². The van der Waals surface area contributed by atoms with Crippen molar-refractivity contribution in [2.45, 2.75) is 13.5 Å². The Labute approximate surface area is 116 Å². The number of nitrogens with one attached hydrogen (secondary N) is 1. The smallest absolute Gasteiger partial charge is 0.125 e. The molecule has 0 aliphatic heterocycles. The maximum atomic E-state index is 13.0. The van der Waals surface area contributed by atoms with Crippen molar-refractivity contribution in [3.63, 3.8) is 0 Å². The molecule has 6 heteroatoms. The van der Waals surface area contributed by atoms with E-state index >= 15 is 0 Å². The van der Waals surface area contributed by atoms with Gasteiger partial charge in [-0.2, -0.15) is 0 Å². The van der Waals surface area contributed by atoms with Crippen molar-refractivity contribution in [1.82, 2.24) is 4.98 Å². The zero-order valence-corrected chi connectivity index (χ0v) is 12.1. The van der Waals surface area contributed by atoms with Crippen LogP contribution in [0.3, 0.4) is 0 Å². The Hall–Kier alpha value is -0.650. The van der Waals surface area contributed by atoms with E-state index in [0.717, 1.165) is 10.7 Å². The van der Waals surface area contributed by atoms with Crippen molar-refractivity contribution in [2.24, 2.45) is 0 Å². The molecule has 0 fully saturated rings. The standard InChI is InChI=1S/C11H9BrClFN2S/c1-6-5-17-10(16-6)4-15-11-8(12)2-7(14)3-9(11)13/h2-3,5,15H,4H2,1H3. The number of nitrogens with zero attached hydrogens (tertiary/aromatic N) is 1. The van der Waals surface area contributed by atoms with Crippen LogP contribution in [0.4, 0.5) is 10.1 Å². The number of benzene rings is 1. The molecule has 0 spiro atoms. The minimum absolute atomic E-state index is 0.352. The third-order valence-corrected chi connectivity index (χ3v) is 3.98. The third-order valence-electron chi connectivity index (χ3n) is 2.09. The topological polar surface area (TPSA) is 24.9 Å². The molecule has 2 nitrogen and oxygen atoms in total. The molecular weight excluding hydrogens is 327 g/mol. The number of aromatic nitrogens is 1. The van der Waals surface area contributed by atoms with Gasteiger partial charge >= 0.3 is 0 Å². The molecule has 0 saturated heterocycles. The maximum absolute atomic E-state index is 13.0. The second-order valence-corrected chi connectivity index (χ2v) is 5.68. The first-order valence-electron chi connectivity index (χ1n) is 4.85. The van der Waals surface area contributed by atoms with Gasteiger partial charge in [-0.25, -0.2) is 9.37 Å². The zero-order valence-electron chi connectivity index (χ0n) is 8.93. The molecule has 0 unspecified atom stereocenters. The van der Waals surface area contributed by atoms with Crippen LogP contribution >= 0.6 is 38.9 Å². The maximum Gasteiger partial charge on any atom is 0.125 e. The molecule has 0 aliphatic carbocycles. The summed E-state index contributed by atoms with van der Waals surface area (Å²) in [7, 11) is 0. The summed E-state index contributed by atoms with van der Waals surface area (Å²) < 4.78 is 13.6. The van der Waals surface area contributed by atoms with Crippen molar-refractivity contribution < 1.29 is 4.39 Å². The van der Waals surface area contributed by atoms with E-state index in [-0.39, 0.29) is 5.82 Å². The van der Waals surface area contributed by atoms with Gasteiger partial charge in [-0.05, 0) is 35.0 Å². The molecule has 1 aromatic carbocycles. The Kier molecular flexibility index (Phi) is 4.01. The summed E-state index contributed by atoms with van der Waals surface area (Å²) in [6.45, 7) is 2.52. The van der Waals surface area contributed by atoms with Gasteiger partial charge < -0.3 is 5.32 Å². The van der Waals surface area contributed by atoms with E-state index in [0.29, 0.717) is 21.7 Å². The highest BCUT2D eigenvalue weighted by Gasteiger charge is 2.08. The molecule has 17 heavy (non-hydrogen) atoms. The van der Waals surface area contributed by atoms with Crippen LogP contribution in [0.1, 0.15) is 10.7 Å². The molecule has 0 saturated carbocycles. The van der Waals surface area contributed by atoms with E-state index in [9.17, 15) is 4.39 Å². The first-order chi connectivity index (χ1) is 8.06. The first-order valence-corrected chi connectivity index (χ1v) is 6.91. The molecule has 90 valence electrons. The molecule has 1 N–H and O–H groups in total. The van der Waals surface area contributed by atoms with E-state index in [1.165, 1.54) is 12.1 Å². The van der Waals surface area contributed by atoms with Gasteiger partial charge in [0.1, 0.15) is 10.8 Å². The number of anilines is 1. The van der Waals surface area contributed by atoms with Crippen molar-refractivity contribution in [2.75, 3.05) is 5.32 Å². The van der Waals surface area contributed by atoms with Gasteiger partial charge in [0.2, 0.25) is 0 Å². The van der Waals surface area contributed by atoms with Gasteiger partial charge in [0.05, 0.1) is 17.3 Å². The van der Waals surface area contributed by atoms with E-state index < -0.39 is 0 Å². The normalized spacial score (nSPS) is 10.6. The first kappa shape index (κ1) is 12.8. The van der Waals surface area contributed by atoms with Gasteiger partial charge in [0.15, 0.2) is 0 Å². The van der Waals surface area contributed by atoms with Crippen molar-refractivity contribution >= 4 is 44.6 Å². The average Bonchev–Trinajstić information content (AvgIpc) is 2.62. The summed E-state index contributed by atoms with van der Waals surface area (Å²) in [5.74, 6) is -0.363. The summed E-state index contributed by atoms with van der Waals surface area (Å²) in [5.41, 5.74) is 1.68. The summed E-state index contributed by atoms with van der Waals surface area (Å²) in [4.78, 5) is 4.33. The molecule has 2 aromatic rings. The number of aryl methyl sites for hydroxylation is 1. The number of rotatable bonds is 3. The summed E-state index contributed by atoms with van der Waals surface area (Å²) in [5, 5.41) is 6.44. The molecule has 0 atom stereocenters. The second-order valence-electron chi connectivity index (χ2n) is 3.48. The fourth-order valence-corrected chi connectivity index (χ4v) is 3.03. The van der Waals surface area contributed by atoms with E-state index in [1.807, 2.05) is 12.3 Å². The SMILES string of the molecule is Cc1csc(CNc2c(Cl)cc(F)cc2Br)n1. The van der Waals surface area contributed by atoms with E-state index in [4.69, 9.17) is 11.6 Å². The van der Waals surface area contributed by atoms with Crippen molar-refractivity contribution in [3.8, 4) is 0 Å². The molecule has 0 radical (unpaired) electrons.